The topological polar surface area (TPSA) is 67.9 Å². The fourth-order valence-electron chi connectivity index (χ4n) is 2.41. The number of cyclic esters (lactones) is 1. The quantitative estimate of drug-likeness (QED) is 0.827. The Labute approximate surface area is 140 Å². The van der Waals surface area contributed by atoms with Crippen molar-refractivity contribution in [3.63, 3.8) is 0 Å². The molecule has 1 N–H and O–H groups in total. The number of amides is 2. The highest BCUT2D eigenvalue weighted by Crippen LogP contribution is 2.25. The number of hydrogen-bond acceptors (Lipinski definition) is 5. The number of thioether (sulfide) groups is 1. The van der Waals surface area contributed by atoms with Gasteiger partial charge in [-0.3, -0.25) is 0 Å². The Balaban J connectivity index is 1.90. The lowest BCUT2D eigenvalue weighted by molar-refractivity contribution is 0.0987. The van der Waals surface area contributed by atoms with Gasteiger partial charge in [-0.1, -0.05) is 44.2 Å². The Morgan fingerprint density at radius 2 is 2.17 bits per heavy atom. The SMILES string of the molecule is CCS[C@H](CC)[C@H]1COC(=O)N1NC(=O)OCc1ccccc1. The first kappa shape index (κ1) is 17.5. The molecule has 126 valence electrons. The van der Waals surface area contributed by atoms with E-state index in [0.29, 0.717) is 0 Å². The predicted molar refractivity (Wildman–Crippen MR) is 88.9 cm³/mol. The molecule has 2 atom stereocenters. The smallest absolute Gasteiger partial charge is 0.429 e. The van der Waals surface area contributed by atoms with Gasteiger partial charge in [-0.25, -0.2) is 20.0 Å². The summed E-state index contributed by atoms with van der Waals surface area (Å²) in [7, 11) is 0. The van der Waals surface area contributed by atoms with Crippen molar-refractivity contribution in [3.8, 4) is 0 Å². The molecule has 0 radical (unpaired) electrons. The minimum absolute atomic E-state index is 0.154. The molecule has 0 saturated carbocycles. The Hall–Kier alpha value is -1.89. The molecular weight excluding hydrogens is 316 g/mol. The van der Waals surface area contributed by atoms with Crippen LogP contribution in [0.1, 0.15) is 25.8 Å². The fourth-order valence-corrected chi connectivity index (χ4v) is 3.49. The zero-order chi connectivity index (χ0) is 16.7. The molecule has 0 aromatic heterocycles. The van der Waals surface area contributed by atoms with Gasteiger partial charge >= 0.3 is 12.2 Å². The summed E-state index contributed by atoms with van der Waals surface area (Å²) >= 11 is 1.75. The highest BCUT2D eigenvalue weighted by atomic mass is 32.2. The lowest BCUT2D eigenvalue weighted by Gasteiger charge is -2.27. The van der Waals surface area contributed by atoms with Crippen molar-refractivity contribution in [1.29, 1.82) is 0 Å². The van der Waals surface area contributed by atoms with Crippen LogP contribution >= 0.6 is 11.8 Å². The molecule has 0 bridgehead atoms. The van der Waals surface area contributed by atoms with E-state index >= 15 is 0 Å². The first-order valence-electron chi connectivity index (χ1n) is 7.70. The number of hydrogen-bond donors (Lipinski definition) is 1. The third-order valence-corrected chi connectivity index (χ3v) is 4.95. The first-order valence-corrected chi connectivity index (χ1v) is 8.75. The van der Waals surface area contributed by atoms with E-state index in [4.69, 9.17) is 9.47 Å². The van der Waals surface area contributed by atoms with Crippen molar-refractivity contribution in [2.45, 2.75) is 38.2 Å². The van der Waals surface area contributed by atoms with Gasteiger partial charge in [0.25, 0.3) is 0 Å². The van der Waals surface area contributed by atoms with Crippen molar-refractivity contribution >= 4 is 23.9 Å². The van der Waals surface area contributed by atoms with E-state index in [2.05, 4.69) is 19.3 Å². The molecule has 0 unspecified atom stereocenters. The van der Waals surface area contributed by atoms with Gasteiger partial charge in [0, 0.05) is 5.25 Å². The summed E-state index contributed by atoms with van der Waals surface area (Å²) < 4.78 is 10.2. The van der Waals surface area contributed by atoms with Crippen molar-refractivity contribution in [3.05, 3.63) is 35.9 Å². The molecule has 1 aliphatic rings. The van der Waals surface area contributed by atoms with E-state index in [9.17, 15) is 9.59 Å². The summed E-state index contributed by atoms with van der Waals surface area (Å²) in [4.78, 5) is 23.8. The third-order valence-electron chi connectivity index (χ3n) is 3.54. The standard InChI is InChI=1S/C16H22N2O4S/c1-3-14(23-4-2)13-11-22-16(20)18(13)17-15(19)21-10-12-8-6-5-7-9-12/h5-9,13-14H,3-4,10-11H2,1-2H3,(H,17,19)/t13-,14-/m1/s1. The van der Waals surface area contributed by atoms with E-state index in [1.807, 2.05) is 30.3 Å². The summed E-state index contributed by atoms with van der Waals surface area (Å²) in [5.74, 6) is 0.940. The van der Waals surface area contributed by atoms with Crippen LogP contribution in [0.3, 0.4) is 0 Å². The molecule has 1 aromatic rings. The van der Waals surface area contributed by atoms with Gasteiger partial charge in [0.2, 0.25) is 0 Å². The summed E-state index contributed by atoms with van der Waals surface area (Å²) in [6.45, 7) is 4.56. The number of rotatable bonds is 7. The van der Waals surface area contributed by atoms with Gasteiger partial charge in [-0.2, -0.15) is 11.8 Å². The Morgan fingerprint density at radius 3 is 2.83 bits per heavy atom. The van der Waals surface area contributed by atoms with Crippen LogP contribution in [0.15, 0.2) is 30.3 Å². The largest absolute Gasteiger partial charge is 0.446 e. The zero-order valence-electron chi connectivity index (χ0n) is 13.4. The van der Waals surface area contributed by atoms with Crippen LogP contribution in [-0.2, 0) is 16.1 Å². The number of nitrogens with zero attached hydrogens (tertiary/aromatic N) is 1. The lowest BCUT2D eigenvalue weighted by Crippen LogP contribution is -2.51. The molecule has 1 aromatic carbocycles. The normalized spacial score (nSPS) is 18.4. The number of carbonyl (C=O) groups excluding carboxylic acids is 2. The minimum atomic E-state index is -0.658. The predicted octanol–water partition coefficient (Wildman–Crippen LogP) is 3.18. The lowest BCUT2D eigenvalue weighted by atomic mass is 10.2. The number of nitrogens with one attached hydrogen (secondary N) is 1. The van der Waals surface area contributed by atoms with Crippen molar-refractivity contribution in [1.82, 2.24) is 10.4 Å². The van der Waals surface area contributed by atoms with Crippen molar-refractivity contribution < 1.29 is 19.1 Å². The van der Waals surface area contributed by atoms with Gasteiger partial charge in [-0.05, 0) is 17.7 Å². The molecule has 1 aliphatic heterocycles. The monoisotopic (exact) mass is 338 g/mol. The molecule has 23 heavy (non-hydrogen) atoms. The second-order valence-corrected chi connectivity index (χ2v) is 6.61. The molecule has 7 heteroatoms. The number of hydrazine groups is 1. The van der Waals surface area contributed by atoms with Crippen LogP contribution < -0.4 is 5.43 Å². The fraction of sp³-hybridized carbons (Fsp3) is 0.500. The number of carbonyl (C=O) groups is 2. The third kappa shape index (κ3) is 4.79. The molecule has 2 rings (SSSR count). The maximum Gasteiger partial charge on any atom is 0.429 e. The highest BCUT2D eigenvalue weighted by Gasteiger charge is 2.39. The van der Waals surface area contributed by atoms with Crippen molar-refractivity contribution in [2.24, 2.45) is 0 Å². The molecule has 6 nitrogen and oxygen atoms in total. The summed E-state index contributed by atoms with van der Waals surface area (Å²) in [5, 5.41) is 1.46. The summed E-state index contributed by atoms with van der Waals surface area (Å²) in [6.07, 6.45) is -0.312. The summed E-state index contributed by atoms with van der Waals surface area (Å²) in [6, 6.07) is 9.19. The van der Waals surface area contributed by atoms with Gasteiger partial charge in [-0.15, -0.1) is 0 Å². The van der Waals surface area contributed by atoms with Gasteiger partial charge in [0.05, 0.1) is 0 Å². The summed E-state index contributed by atoms with van der Waals surface area (Å²) in [5.41, 5.74) is 3.39. The second-order valence-electron chi connectivity index (χ2n) is 5.09. The van der Waals surface area contributed by atoms with Crippen LogP contribution in [0, 0.1) is 0 Å². The Bertz CT molecular complexity index is 526. The van der Waals surface area contributed by atoms with Crippen LogP contribution in [0.25, 0.3) is 0 Å². The van der Waals surface area contributed by atoms with Crippen LogP contribution in [0.4, 0.5) is 9.59 Å². The first-order chi connectivity index (χ1) is 11.2. The second kappa shape index (κ2) is 8.67. The van der Waals surface area contributed by atoms with E-state index < -0.39 is 12.2 Å². The average molecular weight is 338 g/mol. The molecule has 1 fully saturated rings. The van der Waals surface area contributed by atoms with E-state index in [-0.39, 0.29) is 24.5 Å². The van der Waals surface area contributed by atoms with Gasteiger partial charge < -0.3 is 9.47 Å². The number of benzene rings is 1. The highest BCUT2D eigenvalue weighted by molar-refractivity contribution is 7.99. The van der Waals surface area contributed by atoms with E-state index in [1.54, 1.807) is 11.8 Å². The van der Waals surface area contributed by atoms with Crippen LogP contribution in [-0.4, -0.2) is 40.8 Å². The molecule has 0 spiro atoms. The Kier molecular flexibility index (Phi) is 6.58. The van der Waals surface area contributed by atoms with Crippen LogP contribution in [0.5, 0.6) is 0 Å². The molecule has 1 saturated heterocycles. The zero-order valence-corrected chi connectivity index (χ0v) is 14.2. The van der Waals surface area contributed by atoms with Gasteiger partial charge in [0.15, 0.2) is 0 Å². The molecule has 2 amide bonds. The van der Waals surface area contributed by atoms with Crippen LogP contribution in [0.2, 0.25) is 0 Å². The van der Waals surface area contributed by atoms with E-state index in [0.717, 1.165) is 17.7 Å². The number of ether oxygens (including phenoxy) is 2. The average Bonchev–Trinajstić information content (AvgIpc) is 2.92. The molecule has 0 aliphatic carbocycles. The minimum Gasteiger partial charge on any atom is -0.446 e. The van der Waals surface area contributed by atoms with E-state index in [1.165, 1.54) is 5.01 Å². The molecule has 1 heterocycles. The Morgan fingerprint density at radius 1 is 1.43 bits per heavy atom. The van der Waals surface area contributed by atoms with Crippen molar-refractivity contribution in [2.75, 3.05) is 12.4 Å². The molecular formula is C16H22N2O4S. The van der Waals surface area contributed by atoms with Gasteiger partial charge in [0.1, 0.15) is 19.3 Å². The maximum atomic E-state index is 11.9. The maximum absolute atomic E-state index is 11.9.